The summed E-state index contributed by atoms with van der Waals surface area (Å²) in [6, 6.07) is 0. The Balaban J connectivity index is 2.49. The molecule has 1 atom stereocenters. The Kier molecular flexibility index (Phi) is 2.34. The van der Waals surface area contributed by atoms with Crippen molar-refractivity contribution in [3.05, 3.63) is 12.0 Å². The predicted octanol–water partition coefficient (Wildman–Crippen LogP) is 1.11. The summed E-state index contributed by atoms with van der Waals surface area (Å²) in [5, 5.41) is 8.86. The van der Waals surface area contributed by atoms with Crippen LogP contribution in [0.4, 0.5) is 5.69 Å². The van der Waals surface area contributed by atoms with E-state index in [0.29, 0.717) is 12.2 Å². The molecule has 6 nitrogen and oxygen atoms in total. The number of nitrogens with zero attached hydrogens (tertiary/aromatic N) is 1. The molecule has 1 aromatic rings. The van der Waals surface area contributed by atoms with Gasteiger partial charge in [-0.3, -0.25) is 4.79 Å². The smallest absolute Gasteiger partial charge is 0.375 e. The summed E-state index contributed by atoms with van der Waals surface area (Å²) in [7, 11) is 0. The highest BCUT2D eigenvalue weighted by Gasteiger charge is 2.32. The van der Waals surface area contributed by atoms with Crippen LogP contribution in [0.3, 0.4) is 0 Å². The summed E-state index contributed by atoms with van der Waals surface area (Å²) in [6.07, 6.45) is 0.971. The maximum atomic E-state index is 11.4. The summed E-state index contributed by atoms with van der Waals surface area (Å²) in [5.74, 6) is -1.53. The number of ether oxygens (including phenoxy) is 1. The molecule has 0 aromatic carbocycles. The van der Waals surface area contributed by atoms with E-state index in [-0.39, 0.29) is 23.5 Å². The van der Waals surface area contributed by atoms with Crippen molar-refractivity contribution in [1.29, 1.82) is 0 Å². The van der Waals surface area contributed by atoms with Gasteiger partial charge >= 0.3 is 5.97 Å². The first-order valence-electron chi connectivity index (χ1n) is 4.80. The molecule has 6 heteroatoms. The monoisotopic (exact) mass is 225 g/mol. The van der Waals surface area contributed by atoms with Crippen molar-refractivity contribution in [2.75, 3.05) is 11.4 Å². The van der Waals surface area contributed by atoms with Gasteiger partial charge in [0.2, 0.25) is 5.91 Å². The largest absolute Gasteiger partial charge is 0.482 e. The standard InChI is InChI=1S/C10H11NO5/c1-5-3-11(6(2)12)7-4-15-9(10(13)14)8(7)16-5/h4-5H,3H2,1-2H3,(H,13,14). The van der Waals surface area contributed by atoms with Gasteiger partial charge in [-0.15, -0.1) is 0 Å². The first kappa shape index (κ1) is 10.5. The number of furan rings is 1. The molecule has 0 fully saturated rings. The zero-order valence-electron chi connectivity index (χ0n) is 8.89. The van der Waals surface area contributed by atoms with Crippen LogP contribution in [0, 0.1) is 0 Å². The second-order valence-corrected chi connectivity index (χ2v) is 3.64. The molecule has 1 aliphatic rings. The number of amides is 1. The van der Waals surface area contributed by atoms with Gasteiger partial charge < -0.3 is 19.2 Å². The van der Waals surface area contributed by atoms with Crippen molar-refractivity contribution in [3.63, 3.8) is 0 Å². The van der Waals surface area contributed by atoms with Crippen molar-refractivity contribution < 1.29 is 23.8 Å². The third-order valence-electron chi connectivity index (χ3n) is 2.35. The van der Waals surface area contributed by atoms with Gasteiger partial charge in [0.05, 0.1) is 6.54 Å². The van der Waals surface area contributed by atoms with Gasteiger partial charge in [-0.25, -0.2) is 4.79 Å². The minimum Gasteiger partial charge on any atom is -0.482 e. The first-order valence-corrected chi connectivity index (χ1v) is 4.80. The summed E-state index contributed by atoms with van der Waals surface area (Å²) >= 11 is 0. The van der Waals surface area contributed by atoms with E-state index in [9.17, 15) is 9.59 Å². The summed E-state index contributed by atoms with van der Waals surface area (Å²) in [6.45, 7) is 3.56. The van der Waals surface area contributed by atoms with Gasteiger partial charge in [0.25, 0.3) is 5.76 Å². The molecule has 0 saturated heterocycles. The fourth-order valence-corrected chi connectivity index (χ4v) is 1.68. The van der Waals surface area contributed by atoms with E-state index in [1.807, 2.05) is 0 Å². The fraction of sp³-hybridized carbons (Fsp3) is 0.400. The van der Waals surface area contributed by atoms with Crippen LogP contribution >= 0.6 is 0 Å². The maximum Gasteiger partial charge on any atom is 0.375 e. The molecule has 1 aliphatic heterocycles. The Hall–Kier alpha value is -1.98. The number of anilines is 1. The van der Waals surface area contributed by atoms with Crippen molar-refractivity contribution in [2.45, 2.75) is 20.0 Å². The van der Waals surface area contributed by atoms with E-state index in [4.69, 9.17) is 14.3 Å². The second-order valence-electron chi connectivity index (χ2n) is 3.64. The van der Waals surface area contributed by atoms with Crippen molar-refractivity contribution in [1.82, 2.24) is 0 Å². The summed E-state index contributed by atoms with van der Waals surface area (Å²) < 4.78 is 10.3. The third kappa shape index (κ3) is 1.52. The molecular formula is C10H11NO5. The van der Waals surface area contributed by atoms with Crippen LogP contribution in [0.5, 0.6) is 5.75 Å². The molecule has 1 amide bonds. The van der Waals surface area contributed by atoms with Crippen molar-refractivity contribution in [2.24, 2.45) is 0 Å². The number of aromatic carboxylic acids is 1. The molecule has 86 valence electrons. The topological polar surface area (TPSA) is 80.0 Å². The van der Waals surface area contributed by atoms with Gasteiger partial charge in [-0.05, 0) is 6.92 Å². The Morgan fingerprint density at radius 3 is 2.81 bits per heavy atom. The number of rotatable bonds is 1. The predicted molar refractivity (Wildman–Crippen MR) is 53.8 cm³/mol. The average molecular weight is 225 g/mol. The van der Waals surface area contributed by atoms with Gasteiger partial charge in [-0.1, -0.05) is 0 Å². The van der Waals surface area contributed by atoms with Crippen LogP contribution < -0.4 is 9.64 Å². The van der Waals surface area contributed by atoms with E-state index in [1.165, 1.54) is 18.1 Å². The van der Waals surface area contributed by atoms with Crippen molar-refractivity contribution in [3.8, 4) is 5.75 Å². The highest BCUT2D eigenvalue weighted by Crippen LogP contribution is 2.38. The lowest BCUT2D eigenvalue weighted by atomic mass is 10.2. The Labute approximate surface area is 91.4 Å². The molecule has 2 heterocycles. The van der Waals surface area contributed by atoms with Crippen LogP contribution in [0.25, 0.3) is 0 Å². The zero-order valence-corrected chi connectivity index (χ0v) is 8.89. The Morgan fingerprint density at radius 2 is 2.25 bits per heavy atom. The van der Waals surface area contributed by atoms with Crippen LogP contribution in [-0.2, 0) is 4.79 Å². The van der Waals surface area contributed by atoms with Crippen LogP contribution in [0.15, 0.2) is 10.7 Å². The minimum atomic E-state index is -1.21. The quantitative estimate of drug-likeness (QED) is 0.774. The number of carbonyl (C=O) groups is 2. The molecule has 16 heavy (non-hydrogen) atoms. The molecule has 0 bridgehead atoms. The Bertz CT molecular complexity index is 450. The normalized spacial score (nSPS) is 18.9. The maximum absolute atomic E-state index is 11.4. The Morgan fingerprint density at radius 1 is 1.56 bits per heavy atom. The van der Waals surface area contributed by atoms with E-state index < -0.39 is 5.97 Å². The van der Waals surface area contributed by atoms with E-state index in [2.05, 4.69) is 0 Å². The summed E-state index contributed by atoms with van der Waals surface area (Å²) in [5.41, 5.74) is 0.378. The van der Waals surface area contributed by atoms with E-state index in [1.54, 1.807) is 6.92 Å². The molecule has 0 radical (unpaired) electrons. The molecule has 0 spiro atoms. The lowest BCUT2D eigenvalue weighted by Crippen LogP contribution is -2.40. The molecule has 1 N–H and O–H groups in total. The van der Waals surface area contributed by atoms with Crippen LogP contribution in [0.2, 0.25) is 0 Å². The number of hydrogen-bond donors (Lipinski definition) is 1. The molecular weight excluding hydrogens is 214 g/mol. The molecule has 0 saturated carbocycles. The lowest BCUT2D eigenvalue weighted by Gasteiger charge is -2.30. The van der Waals surface area contributed by atoms with E-state index in [0.717, 1.165) is 0 Å². The van der Waals surface area contributed by atoms with E-state index >= 15 is 0 Å². The number of carboxylic acids is 1. The lowest BCUT2D eigenvalue weighted by molar-refractivity contribution is -0.117. The number of carboxylic acid groups (broad SMARTS) is 1. The van der Waals surface area contributed by atoms with Crippen LogP contribution in [0.1, 0.15) is 24.4 Å². The number of hydrogen-bond acceptors (Lipinski definition) is 4. The molecule has 1 aromatic heterocycles. The van der Waals surface area contributed by atoms with Gasteiger partial charge in [0.1, 0.15) is 18.1 Å². The average Bonchev–Trinajstić information content (AvgIpc) is 2.59. The molecule has 1 unspecified atom stereocenters. The van der Waals surface area contributed by atoms with Gasteiger partial charge in [0, 0.05) is 6.92 Å². The van der Waals surface area contributed by atoms with Gasteiger partial charge in [0.15, 0.2) is 5.75 Å². The molecule has 2 rings (SSSR count). The highest BCUT2D eigenvalue weighted by molar-refractivity contribution is 5.97. The van der Waals surface area contributed by atoms with Gasteiger partial charge in [-0.2, -0.15) is 0 Å². The zero-order chi connectivity index (χ0) is 11.9. The number of carbonyl (C=O) groups excluding carboxylic acids is 1. The van der Waals surface area contributed by atoms with Crippen LogP contribution in [-0.4, -0.2) is 29.6 Å². The second kappa shape index (κ2) is 3.55. The SMILES string of the molecule is CC(=O)N1CC(C)Oc2c1coc2C(=O)O. The molecule has 0 aliphatic carbocycles. The van der Waals surface area contributed by atoms with Crippen molar-refractivity contribution >= 4 is 17.6 Å². The highest BCUT2D eigenvalue weighted by atomic mass is 16.5. The number of fused-ring (bicyclic) bond motifs is 1. The first-order chi connectivity index (χ1) is 7.50. The summed E-state index contributed by atoms with van der Waals surface area (Å²) in [4.78, 5) is 23.7. The third-order valence-corrected chi connectivity index (χ3v) is 2.35. The fourth-order valence-electron chi connectivity index (χ4n) is 1.68. The minimum absolute atomic E-state index is 0.126.